The number of unbranched alkanes of at least 4 members (excludes halogenated alkanes) is 1. The summed E-state index contributed by atoms with van der Waals surface area (Å²) in [6, 6.07) is 4.56. The third-order valence-electron chi connectivity index (χ3n) is 4.51. The van der Waals surface area contributed by atoms with E-state index in [1.807, 2.05) is 11.3 Å². The first-order valence-electron chi connectivity index (χ1n) is 8.57. The van der Waals surface area contributed by atoms with Crippen LogP contribution >= 0.6 is 11.3 Å². The number of nitrogens with zero attached hydrogens (tertiary/aromatic N) is 4. The van der Waals surface area contributed by atoms with E-state index in [1.165, 1.54) is 4.88 Å². The van der Waals surface area contributed by atoms with Crippen molar-refractivity contribution in [2.45, 2.75) is 45.7 Å². The number of hydrogen-bond acceptors (Lipinski definition) is 6. The summed E-state index contributed by atoms with van der Waals surface area (Å²) in [4.78, 5) is 11.0. The van der Waals surface area contributed by atoms with Crippen molar-refractivity contribution in [3.63, 3.8) is 0 Å². The van der Waals surface area contributed by atoms with E-state index >= 15 is 0 Å². The van der Waals surface area contributed by atoms with Crippen molar-refractivity contribution in [2.75, 3.05) is 26.2 Å². The summed E-state index contributed by atoms with van der Waals surface area (Å²) >= 11 is 1.84. The van der Waals surface area contributed by atoms with E-state index in [0.29, 0.717) is 0 Å². The second-order valence-corrected chi connectivity index (χ2v) is 7.25. The Morgan fingerprint density at radius 1 is 1.30 bits per heavy atom. The maximum atomic E-state index is 5.47. The zero-order chi connectivity index (χ0) is 16.1. The van der Waals surface area contributed by atoms with Gasteiger partial charge in [0.15, 0.2) is 5.82 Å². The fourth-order valence-corrected chi connectivity index (χ4v) is 3.71. The Kier molecular flexibility index (Phi) is 5.80. The molecule has 0 bridgehead atoms. The Hall–Kier alpha value is -1.24. The van der Waals surface area contributed by atoms with E-state index in [1.54, 1.807) is 0 Å². The fourth-order valence-electron chi connectivity index (χ4n) is 2.96. The molecule has 0 N–H and O–H groups in total. The molecule has 0 radical (unpaired) electrons. The Bertz CT molecular complexity index is 575. The minimum Gasteiger partial charge on any atom is -0.338 e. The molecule has 0 aliphatic carbocycles. The van der Waals surface area contributed by atoms with Gasteiger partial charge >= 0.3 is 0 Å². The van der Waals surface area contributed by atoms with Crippen LogP contribution in [0, 0.1) is 0 Å². The predicted molar refractivity (Wildman–Crippen MR) is 92.5 cm³/mol. The number of thiophene rings is 1. The standard InChI is InChI=1S/C17H26N4OS/c1-3-4-7-16-18-17(22-19-16)14(2)21-10-8-20(9-11-21)13-15-6-5-12-23-15/h5-6,12,14H,3-4,7-11,13H2,1-2H3. The molecule has 0 aromatic carbocycles. The summed E-state index contributed by atoms with van der Waals surface area (Å²) in [7, 11) is 0. The topological polar surface area (TPSA) is 45.4 Å². The summed E-state index contributed by atoms with van der Waals surface area (Å²) in [6.07, 6.45) is 3.20. The molecule has 1 unspecified atom stereocenters. The monoisotopic (exact) mass is 334 g/mol. The molecule has 126 valence electrons. The molecular formula is C17H26N4OS. The van der Waals surface area contributed by atoms with Crippen LogP contribution in [0.25, 0.3) is 0 Å². The van der Waals surface area contributed by atoms with Gasteiger partial charge < -0.3 is 4.52 Å². The van der Waals surface area contributed by atoms with Crippen LogP contribution in [0.15, 0.2) is 22.0 Å². The summed E-state index contributed by atoms with van der Waals surface area (Å²) in [5, 5.41) is 6.26. The smallest absolute Gasteiger partial charge is 0.243 e. The number of rotatable bonds is 7. The molecule has 0 saturated carbocycles. The lowest BCUT2D eigenvalue weighted by atomic mass is 10.2. The van der Waals surface area contributed by atoms with Crippen LogP contribution in [0.2, 0.25) is 0 Å². The number of piperazine rings is 1. The lowest BCUT2D eigenvalue weighted by Crippen LogP contribution is -2.46. The highest BCUT2D eigenvalue weighted by Gasteiger charge is 2.25. The van der Waals surface area contributed by atoms with Crippen LogP contribution in [0.1, 0.15) is 49.3 Å². The van der Waals surface area contributed by atoms with Crippen LogP contribution in [0.3, 0.4) is 0 Å². The lowest BCUT2D eigenvalue weighted by Gasteiger charge is -2.36. The molecule has 1 saturated heterocycles. The van der Waals surface area contributed by atoms with Crippen molar-refractivity contribution in [1.29, 1.82) is 0 Å². The van der Waals surface area contributed by atoms with Crippen LogP contribution in [0.5, 0.6) is 0 Å². The van der Waals surface area contributed by atoms with Crippen molar-refractivity contribution in [1.82, 2.24) is 19.9 Å². The van der Waals surface area contributed by atoms with Gasteiger partial charge in [-0.15, -0.1) is 11.3 Å². The average Bonchev–Trinajstić information content (AvgIpc) is 3.24. The first kappa shape index (κ1) is 16.6. The number of hydrogen-bond donors (Lipinski definition) is 0. The van der Waals surface area contributed by atoms with Crippen molar-refractivity contribution in [3.05, 3.63) is 34.1 Å². The van der Waals surface area contributed by atoms with E-state index < -0.39 is 0 Å². The van der Waals surface area contributed by atoms with Gasteiger partial charge in [0, 0.05) is 44.0 Å². The minimum absolute atomic E-state index is 0.210. The zero-order valence-corrected chi connectivity index (χ0v) is 14.9. The van der Waals surface area contributed by atoms with Crippen molar-refractivity contribution >= 4 is 11.3 Å². The summed E-state index contributed by atoms with van der Waals surface area (Å²) in [5.74, 6) is 1.62. The van der Waals surface area contributed by atoms with Gasteiger partial charge in [-0.2, -0.15) is 4.98 Å². The molecule has 3 rings (SSSR count). The molecule has 2 aromatic rings. The highest BCUT2D eigenvalue weighted by Crippen LogP contribution is 2.21. The summed E-state index contributed by atoms with van der Waals surface area (Å²) in [6.45, 7) is 9.73. The van der Waals surface area contributed by atoms with Gasteiger partial charge in [-0.25, -0.2) is 0 Å². The van der Waals surface area contributed by atoms with E-state index in [2.05, 4.69) is 51.3 Å². The Balaban J connectivity index is 1.49. The minimum atomic E-state index is 0.210. The molecular weight excluding hydrogens is 308 g/mol. The predicted octanol–water partition coefficient (Wildman–Crippen LogP) is 3.35. The van der Waals surface area contributed by atoms with Crippen molar-refractivity contribution < 1.29 is 4.52 Å². The lowest BCUT2D eigenvalue weighted by molar-refractivity contribution is 0.0850. The molecule has 2 aromatic heterocycles. The van der Waals surface area contributed by atoms with Gasteiger partial charge in [0.1, 0.15) is 0 Å². The number of aryl methyl sites for hydroxylation is 1. The van der Waals surface area contributed by atoms with Gasteiger partial charge in [0.05, 0.1) is 6.04 Å². The van der Waals surface area contributed by atoms with E-state index in [-0.39, 0.29) is 6.04 Å². The van der Waals surface area contributed by atoms with Crippen molar-refractivity contribution in [3.8, 4) is 0 Å². The molecule has 6 heteroatoms. The first-order chi connectivity index (χ1) is 11.3. The Morgan fingerprint density at radius 3 is 2.83 bits per heavy atom. The second-order valence-electron chi connectivity index (χ2n) is 6.22. The van der Waals surface area contributed by atoms with Crippen LogP contribution in [-0.2, 0) is 13.0 Å². The van der Waals surface area contributed by atoms with E-state index in [9.17, 15) is 0 Å². The van der Waals surface area contributed by atoms with Crippen LogP contribution in [0.4, 0.5) is 0 Å². The average molecular weight is 334 g/mol. The van der Waals surface area contributed by atoms with Crippen LogP contribution < -0.4 is 0 Å². The molecule has 0 spiro atoms. The van der Waals surface area contributed by atoms with Gasteiger partial charge in [0.25, 0.3) is 0 Å². The molecule has 1 fully saturated rings. The van der Waals surface area contributed by atoms with Crippen molar-refractivity contribution in [2.24, 2.45) is 0 Å². The quantitative estimate of drug-likeness (QED) is 0.777. The SMILES string of the molecule is CCCCc1noc(C(C)N2CCN(Cc3cccs3)CC2)n1. The van der Waals surface area contributed by atoms with Gasteiger partial charge in [0.2, 0.25) is 5.89 Å². The third-order valence-corrected chi connectivity index (χ3v) is 5.37. The molecule has 23 heavy (non-hydrogen) atoms. The maximum Gasteiger partial charge on any atom is 0.243 e. The maximum absolute atomic E-state index is 5.47. The first-order valence-corrected chi connectivity index (χ1v) is 9.45. The Labute approximate surface area is 142 Å². The molecule has 5 nitrogen and oxygen atoms in total. The zero-order valence-electron chi connectivity index (χ0n) is 14.1. The molecule has 3 heterocycles. The highest BCUT2D eigenvalue weighted by molar-refractivity contribution is 7.09. The normalized spacial score (nSPS) is 18.3. The number of aromatic nitrogens is 2. The Morgan fingerprint density at radius 2 is 2.13 bits per heavy atom. The second kappa shape index (κ2) is 8.04. The van der Waals surface area contributed by atoms with E-state index in [0.717, 1.165) is 63.7 Å². The molecule has 1 atom stereocenters. The summed E-state index contributed by atoms with van der Waals surface area (Å²) in [5.41, 5.74) is 0. The summed E-state index contributed by atoms with van der Waals surface area (Å²) < 4.78 is 5.47. The van der Waals surface area contributed by atoms with Gasteiger partial charge in [-0.05, 0) is 24.8 Å². The third kappa shape index (κ3) is 4.40. The van der Waals surface area contributed by atoms with Gasteiger partial charge in [-0.1, -0.05) is 24.6 Å². The molecule has 1 aliphatic rings. The largest absolute Gasteiger partial charge is 0.338 e. The highest BCUT2D eigenvalue weighted by atomic mass is 32.1. The van der Waals surface area contributed by atoms with E-state index in [4.69, 9.17) is 4.52 Å². The van der Waals surface area contributed by atoms with Crippen LogP contribution in [-0.4, -0.2) is 46.1 Å². The molecule has 1 aliphatic heterocycles. The molecule has 0 amide bonds. The fraction of sp³-hybridized carbons (Fsp3) is 0.647. The van der Waals surface area contributed by atoms with Gasteiger partial charge in [-0.3, -0.25) is 9.80 Å².